The van der Waals surface area contributed by atoms with Gasteiger partial charge in [-0.05, 0) is 69.7 Å². The molecule has 0 fully saturated rings. The summed E-state index contributed by atoms with van der Waals surface area (Å²) in [6, 6.07) is 8.36. The average molecular weight is 480 g/mol. The van der Waals surface area contributed by atoms with Crippen LogP contribution in [0.25, 0.3) is 0 Å². The van der Waals surface area contributed by atoms with Crippen LogP contribution in [0.2, 0.25) is 0 Å². The first-order valence-electron chi connectivity index (χ1n) is 11.9. The summed E-state index contributed by atoms with van der Waals surface area (Å²) < 4.78 is 44.3. The number of rotatable bonds is 8. The number of allylic oxidation sites excluding steroid dienone is 2. The Hall–Kier alpha value is -2.64. The van der Waals surface area contributed by atoms with E-state index >= 15 is 0 Å². The maximum atomic E-state index is 13.2. The molecule has 0 aromatic heterocycles. The van der Waals surface area contributed by atoms with Gasteiger partial charge in [-0.3, -0.25) is 4.79 Å². The molecule has 2 atom stereocenters. The molecule has 5 nitrogen and oxygen atoms in total. The van der Waals surface area contributed by atoms with Gasteiger partial charge in [0.1, 0.15) is 0 Å². The second-order valence-electron chi connectivity index (χ2n) is 10.1. The Labute approximate surface area is 200 Å². The molecule has 1 aromatic rings. The number of ether oxygens (including phenoxy) is 1. The molecule has 2 N–H and O–H groups in total. The van der Waals surface area contributed by atoms with Gasteiger partial charge >= 0.3 is 6.18 Å². The van der Waals surface area contributed by atoms with E-state index in [-0.39, 0.29) is 23.9 Å². The molecule has 0 spiro atoms. The quantitative estimate of drug-likeness (QED) is 0.546. The number of fused-ring (bicyclic) bond motifs is 1. The molecule has 2 aliphatic rings. The van der Waals surface area contributed by atoms with E-state index in [4.69, 9.17) is 4.74 Å². The summed E-state index contributed by atoms with van der Waals surface area (Å²) in [4.78, 5) is 15.6. The second kappa shape index (κ2) is 10.3. The molecule has 2 unspecified atom stereocenters. The van der Waals surface area contributed by atoms with Crippen molar-refractivity contribution >= 4 is 11.6 Å². The number of carbonyl (C=O) groups excluding carboxylic acids is 1. The van der Waals surface area contributed by atoms with Crippen molar-refractivity contribution < 1.29 is 22.7 Å². The number of amides is 1. The van der Waals surface area contributed by atoms with E-state index in [1.165, 1.54) is 17.3 Å². The molecule has 3 rings (SSSR count). The smallest absolute Gasteiger partial charge is 0.414 e. The molecule has 1 aromatic carbocycles. The minimum absolute atomic E-state index is 0.102. The van der Waals surface area contributed by atoms with Gasteiger partial charge in [0.15, 0.2) is 11.5 Å². The van der Waals surface area contributed by atoms with Gasteiger partial charge in [-0.15, -0.1) is 0 Å². The van der Waals surface area contributed by atoms with Gasteiger partial charge in [0, 0.05) is 30.9 Å². The second-order valence-corrected chi connectivity index (χ2v) is 10.1. The average Bonchev–Trinajstić information content (AvgIpc) is 2.76. The number of dihydropyridines is 1. The van der Waals surface area contributed by atoms with Crippen LogP contribution in [0.4, 0.5) is 18.9 Å². The predicted molar refractivity (Wildman–Crippen MR) is 128 cm³/mol. The number of aryl methyl sites for hydroxylation is 1. The molecular formula is C26H36F3N3O2. The number of anilines is 1. The summed E-state index contributed by atoms with van der Waals surface area (Å²) in [5.41, 5.74) is 0.596. The van der Waals surface area contributed by atoms with Crippen molar-refractivity contribution in [2.75, 3.05) is 18.0 Å². The van der Waals surface area contributed by atoms with Crippen LogP contribution in [0.1, 0.15) is 53.0 Å². The van der Waals surface area contributed by atoms with E-state index in [9.17, 15) is 18.0 Å². The van der Waals surface area contributed by atoms with Crippen molar-refractivity contribution in [3.63, 3.8) is 0 Å². The molecule has 0 aliphatic carbocycles. The highest BCUT2D eigenvalue weighted by Crippen LogP contribution is 2.32. The van der Waals surface area contributed by atoms with Crippen molar-refractivity contribution in [3.8, 4) is 0 Å². The fourth-order valence-corrected chi connectivity index (χ4v) is 4.53. The lowest BCUT2D eigenvalue weighted by atomic mass is 9.92. The first kappa shape index (κ1) is 26.0. The minimum atomic E-state index is -4.39. The van der Waals surface area contributed by atoms with Crippen molar-refractivity contribution in [1.82, 2.24) is 10.6 Å². The van der Waals surface area contributed by atoms with E-state index in [0.717, 1.165) is 31.9 Å². The standard InChI is InChI=1S/C26H36F3N3O2/c1-17(2)15-22(32-14-8-10-19-9-6-7-11-21(19)32)18(3)31-24(33)25(4,5)34-23-13-12-20(16-30-23)26(27,28)29/h6-7,9,11-13,17-18,22,30H,8,10,14-16H2,1-5H3,(H,31,33). The first-order valence-corrected chi connectivity index (χ1v) is 11.9. The summed E-state index contributed by atoms with van der Waals surface area (Å²) in [5, 5.41) is 5.73. The molecule has 34 heavy (non-hydrogen) atoms. The van der Waals surface area contributed by atoms with Gasteiger partial charge in [-0.2, -0.15) is 13.2 Å². The number of para-hydroxylation sites is 1. The monoisotopic (exact) mass is 479 g/mol. The highest BCUT2D eigenvalue weighted by atomic mass is 19.4. The molecule has 8 heteroatoms. The molecule has 0 bridgehead atoms. The van der Waals surface area contributed by atoms with Crippen molar-refractivity contribution in [1.29, 1.82) is 0 Å². The normalized spacial score (nSPS) is 18.3. The fourth-order valence-electron chi connectivity index (χ4n) is 4.53. The van der Waals surface area contributed by atoms with Crippen LogP contribution in [0.3, 0.4) is 0 Å². The van der Waals surface area contributed by atoms with Gasteiger partial charge < -0.3 is 20.3 Å². The number of nitrogens with one attached hydrogen (secondary N) is 2. The molecule has 1 amide bonds. The molecule has 0 saturated carbocycles. The lowest BCUT2D eigenvalue weighted by Gasteiger charge is -2.42. The third kappa shape index (κ3) is 6.27. The molecule has 2 heterocycles. The summed E-state index contributed by atoms with van der Waals surface area (Å²) in [6.45, 7) is 10.1. The van der Waals surface area contributed by atoms with Gasteiger partial charge in [0.2, 0.25) is 0 Å². The van der Waals surface area contributed by atoms with Crippen LogP contribution in [0, 0.1) is 5.92 Å². The Morgan fingerprint density at radius 2 is 1.88 bits per heavy atom. The van der Waals surface area contributed by atoms with Gasteiger partial charge in [0.05, 0.1) is 5.57 Å². The largest absolute Gasteiger partial charge is 0.463 e. The summed E-state index contributed by atoms with van der Waals surface area (Å²) >= 11 is 0. The zero-order valence-electron chi connectivity index (χ0n) is 20.6. The van der Waals surface area contributed by atoms with Crippen molar-refractivity contribution in [2.45, 2.75) is 77.7 Å². The molecule has 0 saturated heterocycles. The summed E-state index contributed by atoms with van der Waals surface area (Å²) in [5.74, 6) is 0.269. The van der Waals surface area contributed by atoms with Gasteiger partial charge in [0.25, 0.3) is 5.91 Å². The van der Waals surface area contributed by atoms with E-state index < -0.39 is 23.9 Å². The van der Waals surface area contributed by atoms with Gasteiger partial charge in [-0.25, -0.2) is 0 Å². The Morgan fingerprint density at radius 1 is 1.18 bits per heavy atom. The SMILES string of the molecule is CC(C)CC(C(C)NC(=O)C(C)(C)OC1=CC=C(C(F)(F)F)CN1)N1CCCc2ccccc21. The van der Waals surface area contributed by atoms with Crippen LogP contribution < -0.4 is 15.5 Å². The van der Waals surface area contributed by atoms with Crippen LogP contribution >= 0.6 is 0 Å². The maximum absolute atomic E-state index is 13.2. The first-order chi connectivity index (χ1) is 15.9. The van der Waals surface area contributed by atoms with E-state index in [2.05, 4.69) is 47.6 Å². The number of halogens is 3. The molecule has 0 radical (unpaired) electrons. The van der Waals surface area contributed by atoms with Crippen LogP contribution in [0.15, 0.2) is 47.9 Å². The lowest BCUT2D eigenvalue weighted by Crippen LogP contribution is -2.56. The van der Waals surface area contributed by atoms with Crippen molar-refractivity contribution in [3.05, 3.63) is 53.4 Å². The third-order valence-corrected chi connectivity index (χ3v) is 6.36. The number of alkyl halides is 3. The number of hydrogen-bond donors (Lipinski definition) is 2. The minimum Gasteiger partial charge on any atom is -0.463 e. The Morgan fingerprint density at radius 3 is 2.50 bits per heavy atom. The van der Waals surface area contributed by atoms with E-state index in [1.54, 1.807) is 13.8 Å². The molecule has 188 valence electrons. The zero-order valence-corrected chi connectivity index (χ0v) is 20.6. The van der Waals surface area contributed by atoms with Crippen LogP contribution in [-0.2, 0) is 16.0 Å². The third-order valence-electron chi connectivity index (χ3n) is 6.36. The van der Waals surface area contributed by atoms with Gasteiger partial charge in [-0.1, -0.05) is 32.0 Å². The summed E-state index contributed by atoms with van der Waals surface area (Å²) in [6.07, 6.45) is 0.833. The Kier molecular flexibility index (Phi) is 7.88. The Balaban J connectivity index is 1.72. The highest BCUT2D eigenvalue weighted by Gasteiger charge is 2.37. The Bertz CT molecular complexity index is 937. The lowest BCUT2D eigenvalue weighted by molar-refractivity contribution is -0.140. The van der Waals surface area contributed by atoms with E-state index in [0.29, 0.717) is 5.92 Å². The fraction of sp³-hybridized carbons (Fsp3) is 0.577. The van der Waals surface area contributed by atoms with Crippen LogP contribution in [-0.4, -0.2) is 42.9 Å². The molecular weight excluding hydrogens is 443 g/mol. The molecule has 2 aliphatic heterocycles. The van der Waals surface area contributed by atoms with Crippen LogP contribution in [0.5, 0.6) is 0 Å². The predicted octanol–water partition coefficient (Wildman–Crippen LogP) is 5.09. The number of hydrogen-bond acceptors (Lipinski definition) is 4. The highest BCUT2D eigenvalue weighted by molar-refractivity contribution is 5.84. The maximum Gasteiger partial charge on any atom is 0.414 e. The zero-order chi connectivity index (χ0) is 25.1. The summed E-state index contributed by atoms with van der Waals surface area (Å²) in [7, 11) is 0. The van der Waals surface area contributed by atoms with Crippen molar-refractivity contribution in [2.24, 2.45) is 5.92 Å². The topological polar surface area (TPSA) is 53.6 Å². The number of carbonyl (C=O) groups is 1. The number of nitrogens with zero attached hydrogens (tertiary/aromatic N) is 1. The van der Waals surface area contributed by atoms with E-state index in [1.807, 2.05) is 13.0 Å². The number of benzene rings is 1.